The minimum Gasteiger partial charge on any atom is -0.366 e. The number of thiazole rings is 1. The van der Waals surface area contributed by atoms with Gasteiger partial charge in [0, 0.05) is 24.7 Å². The van der Waals surface area contributed by atoms with Crippen LogP contribution in [0.15, 0.2) is 18.2 Å². The molecule has 1 atom stereocenters. The third-order valence-electron chi connectivity index (χ3n) is 3.39. The summed E-state index contributed by atoms with van der Waals surface area (Å²) in [7, 11) is 0. The van der Waals surface area contributed by atoms with Crippen LogP contribution in [-0.2, 0) is 9.53 Å². The quantitative estimate of drug-likeness (QED) is 0.913. The Balaban J connectivity index is 1.75. The van der Waals surface area contributed by atoms with E-state index in [1.54, 1.807) is 11.3 Å². The van der Waals surface area contributed by atoms with Gasteiger partial charge in [-0.15, -0.1) is 11.3 Å². The lowest BCUT2D eigenvalue weighted by atomic mass is 10.2. The second kappa shape index (κ2) is 6.09. The maximum atomic E-state index is 12.1. The van der Waals surface area contributed by atoms with Gasteiger partial charge in [-0.05, 0) is 18.2 Å². The Kier molecular flexibility index (Phi) is 4.19. The Labute approximate surface area is 127 Å². The summed E-state index contributed by atoms with van der Waals surface area (Å²) in [6.07, 6.45) is -0.415. The molecule has 6 heteroatoms. The number of amides is 1. The fourth-order valence-electron chi connectivity index (χ4n) is 2.22. The second-order valence-electron chi connectivity index (χ2n) is 5.44. The number of carbonyl (C=O) groups is 1. The van der Waals surface area contributed by atoms with Crippen molar-refractivity contribution in [2.45, 2.75) is 25.9 Å². The molecule has 3 rings (SSSR count). The largest absolute Gasteiger partial charge is 0.366 e. The van der Waals surface area contributed by atoms with Crippen molar-refractivity contribution in [3.63, 3.8) is 0 Å². The topological polar surface area (TPSA) is 63.2 Å². The summed E-state index contributed by atoms with van der Waals surface area (Å²) in [4.78, 5) is 16.7. The predicted molar refractivity (Wildman–Crippen MR) is 84.9 cm³/mol. The summed E-state index contributed by atoms with van der Waals surface area (Å²) in [5.74, 6) is 0.317. The van der Waals surface area contributed by atoms with Crippen molar-refractivity contribution >= 4 is 33.1 Å². The average molecular weight is 305 g/mol. The van der Waals surface area contributed by atoms with Crippen LogP contribution in [0.25, 0.3) is 10.2 Å². The molecule has 2 N–H and O–H groups in total. The molecule has 2 heterocycles. The Bertz CT molecular complexity index is 647. The number of hydrogen-bond donors (Lipinski definition) is 2. The molecule has 1 amide bonds. The van der Waals surface area contributed by atoms with Crippen molar-refractivity contribution in [1.29, 1.82) is 0 Å². The fourth-order valence-corrected chi connectivity index (χ4v) is 3.23. The zero-order valence-corrected chi connectivity index (χ0v) is 13.0. The maximum Gasteiger partial charge on any atom is 0.254 e. The lowest BCUT2D eigenvalue weighted by Gasteiger charge is -2.22. The summed E-state index contributed by atoms with van der Waals surface area (Å²) in [5.41, 5.74) is 1.78. The first-order valence-corrected chi connectivity index (χ1v) is 7.99. The highest BCUT2D eigenvalue weighted by atomic mass is 32.1. The molecule has 21 heavy (non-hydrogen) atoms. The summed E-state index contributed by atoms with van der Waals surface area (Å²) in [6, 6.07) is 5.82. The van der Waals surface area contributed by atoms with E-state index in [9.17, 15) is 4.79 Å². The van der Waals surface area contributed by atoms with Gasteiger partial charge in [0.05, 0.1) is 21.8 Å². The SMILES string of the molecule is CC(C)c1nc2ccc(NC(=O)C3CNCCO3)cc2s1. The van der Waals surface area contributed by atoms with Crippen molar-refractivity contribution in [1.82, 2.24) is 10.3 Å². The number of nitrogens with zero attached hydrogens (tertiary/aromatic N) is 1. The van der Waals surface area contributed by atoms with Crippen molar-refractivity contribution in [2.24, 2.45) is 0 Å². The Morgan fingerprint density at radius 3 is 3.10 bits per heavy atom. The average Bonchev–Trinajstić information content (AvgIpc) is 2.91. The number of anilines is 1. The third-order valence-corrected chi connectivity index (χ3v) is 4.71. The summed E-state index contributed by atoms with van der Waals surface area (Å²) < 4.78 is 6.55. The minimum atomic E-state index is -0.415. The molecule has 112 valence electrons. The van der Waals surface area contributed by atoms with Gasteiger partial charge in [0.2, 0.25) is 0 Å². The van der Waals surface area contributed by atoms with E-state index >= 15 is 0 Å². The van der Waals surface area contributed by atoms with Crippen LogP contribution in [0.5, 0.6) is 0 Å². The van der Waals surface area contributed by atoms with Crippen molar-refractivity contribution < 1.29 is 9.53 Å². The second-order valence-corrected chi connectivity index (χ2v) is 6.50. The number of benzene rings is 1. The molecular formula is C15H19N3O2S. The molecule has 0 saturated carbocycles. The van der Waals surface area contributed by atoms with Gasteiger partial charge in [-0.2, -0.15) is 0 Å². The van der Waals surface area contributed by atoms with Gasteiger partial charge in [-0.3, -0.25) is 4.79 Å². The molecule has 5 nitrogen and oxygen atoms in total. The fraction of sp³-hybridized carbons (Fsp3) is 0.467. The zero-order chi connectivity index (χ0) is 14.8. The van der Waals surface area contributed by atoms with Gasteiger partial charge in [-0.25, -0.2) is 4.98 Å². The molecule has 1 fully saturated rings. The molecule has 0 radical (unpaired) electrons. The standard InChI is InChI=1S/C15H19N3O2S/c1-9(2)15-18-11-4-3-10(7-13(11)21-15)17-14(19)12-8-16-5-6-20-12/h3-4,7,9,12,16H,5-6,8H2,1-2H3,(H,17,19). The highest BCUT2D eigenvalue weighted by molar-refractivity contribution is 7.18. The van der Waals surface area contributed by atoms with Crippen LogP contribution in [0.3, 0.4) is 0 Å². The Morgan fingerprint density at radius 1 is 1.52 bits per heavy atom. The first kappa shape index (κ1) is 14.4. The number of hydrogen-bond acceptors (Lipinski definition) is 5. The molecule has 1 unspecified atom stereocenters. The predicted octanol–water partition coefficient (Wildman–Crippen LogP) is 2.35. The molecule has 1 aromatic carbocycles. The van der Waals surface area contributed by atoms with E-state index in [4.69, 9.17) is 4.74 Å². The number of morpholine rings is 1. The van der Waals surface area contributed by atoms with Crippen LogP contribution in [0.4, 0.5) is 5.69 Å². The van der Waals surface area contributed by atoms with Crippen molar-refractivity contribution in [3.05, 3.63) is 23.2 Å². The van der Waals surface area contributed by atoms with Crippen molar-refractivity contribution in [3.8, 4) is 0 Å². The van der Waals surface area contributed by atoms with Gasteiger partial charge < -0.3 is 15.4 Å². The normalized spacial score (nSPS) is 19.1. The zero-order valence-electron chi connectivity index (χ0n) is 12.2. The van der Waals surface area contributed by atoms with Crippen LogP contribution in [0.1, 0.15) is 24.8 Å². The Morgan fingerprint density at radius 2 is 2.38 bits per heavy atom. The van der Waals surface area contributed by atoms with E-state index in [0.29, 0.717) is 19.1 Å². The van der Waals surface area contributed by atoms with E-state index in [0.717, 1.165) is 27.5 Å². The van der Waals surface area contributed by atoms with Gasteiger partial charge in [0.1, 0.15) is 6.10 Å². The molecule has 0 spiro atoms. The Hall–Kier alpha value is -1.50. The minimum absolute atomic E-state index is 0.102. The lowest BCUT2D eigenvalue weighted by molar-refractivity contribution is -0.128. The highest BCUT2D eigenvalue weighted by Crippen LogP contribution is 2.29. The summed E-state index contributed by atoms with van der Waals surface area (Å²) in [6.45, 7) is 6.20. The van der Waals surface area contributed by atoms with Gasteiger partial charge in [0.25, 0.3) is 5.91 Å². The van der Waals surface area contributed by atoms with Crippen LogP contribution in [0, 0.1) is 0 Å². The molecule has 1 saturated heterocycles. The van der Waals surface area contributed by atoms with Gasteiger partial charge in [0.15, 0.2) is 0 Å². The van der Waals surface area contributed by atoms with Crippen LogP contribution >= 0.6 is 11.3 Å². The number of fused-ring (bicyclic) bond motifs is 1. The van der Waals surface area contributed by atoms with Gasteiger partial charge >= 0.3 is 0 Å². The third kappa shape index (κ3) is 3.23. The molecule has 1 aliphatic rings. The number of rotatable bonds is 3. The van der Waals surface area contributed by atoms with Crippen LogP contribution in [-0.4, -0.2) is 36.7 Å². The smallest absolute Gasteiger partial charge is 0.254 e. The molecule has 1 aliphatic heterocycles. The summed E-state index contributed by atoms with van der Waals surface area (Å²) in [5, 5.41) is 7.19. The summed E-state index contributed by atoms with van der Waals surface area (Å²) >= 11 is 1.68. The first-order chi connectivity index (χ1) is 10.1. The monoisotopic (exact) mass is 305 g/mol. The van der Waals surface area contributed by atoms with E-state index in [2.05, 4.69) is 29.5 Å². The lowest BCUT2D eigenvalue weighted by Crippen LogP contribution is -2.45. The molecule has 1 aromatic heterocycles. The first-order valence-electron chi connectivity index (χ1n) is 7.17. The molecule has 2 aromatic rings. The maximum absolute atomic E-state index is 12.1. The van der Waals surface area contributed by atoms with E-state index in [1.807, 2.05) is 18.2 Å². The number of aromatic nitrogens is 1. The molecular weight excluding hydrogens is 286 g/mol. The van der Waals surface area contributed by atoms with E-state index in [1.165, 1.54) is 0 Å². The van der Waals surface area contributed by atoms with E-state index in [-0.39, 0.29) is 5.91 Å². The molecule has 0 aliphatic carbocycles. The van der Waals surface area contributed by atoms with Crippen LogP contribution < -0.4 is 10.6 Å². The van der Waals surface area contributed by atoms with E-state index < -0.39 is 6.10 Å². The number of carbonyl (C=O) groups excluding carboxylic acids is 1. The number of nitrogens with one attached hydrogen (secondary N) is 2. The van der Waals surface area contributed by atoms with Crippen LogP contribution in [0.2, 0.25) is 0 Å². The highest BCUT2D eigenvalue weighted by Gasteiger charge is 2.21. The number of ether oxygens (including phenoxy) is 1. The molecule has 0 bridgehead atoms. The van der Waals surface area contributed by atoms with Gasteiger partial charge in [-0.1, -0.05) is 13.8 Å². The van der Waals surface area contributed by atoms with Crippen molar-refractivity contribution in [2.75, 3.05) is 25.0 Å².